The third kappa shape index (κ3) is 8.38. The van der Waals surface area contributed by atoms with Crippen molar-refractivity contribution >= 4 is 50.0 Å². The number of hydrogen-bond acceptors (Lipinski definition) is 3. The van der Waals surface area contributed by atoms with Crippen LogP contribution < -0.4 is 5.73 Å². The summed E-state index contributed by atoms with van der Waals surface area (Å²) in [6.45, 7) is 1.46. The van der Waals surface area contributed by atoms with Crippen LogP contribution in [0, 0.1) is 5.92 Å². The fraction of sp³-hybridized carbons (Fsp3) is 0.600. The third-order valence-corrected chi connectivity index (χ3v) is 1.07. The molecule has 0 aromatic heterocycles. The van der Waals surface area contributed by atoms with E-state index in [1.54, 1.807) is 0 Å². The second-order valence-corrected chi connectivity index (χ2v) is 1.86. The Morgan fingerprint density at radius 2 is 1.92 bits per heavy atom. The van der Waals surface area contributed by atoms with Gasteiger partial charge in [0.15, 0.2) is 0 Å². The zero-order chi connectivity index (χ0) is 7.44. The standard InChI is InChI=1S/C5H9NO3.Ca.2H2O.2H/c1-3(2-7)4(6)5(8)9;;;;;/h2-4H,6H2,1H3,(H,8,9);;2*1H2;;/q;+2;;;2*-1. The molecule has 0 rings (SSSR count). The van der Waals surface area contributed by atoms with Crippen LogP contribution in [0.4, 0.5) is 0 Å². The van der Waals surface area contributed by atoms with Crippen LogP contribution in [0.5, 0.6) is 0 Å². The molecule has 0 aliphatic carbocycles. The molecular formula is C5H15CaNO5. The van der Waals surface area contributed by atoms with Crippen molar-refractivity contribution in [2.75, 3.05) is 0 Å². The number of aldehydes is 1. The van der Waals surface area contributed by atoms with Gasteiger partial charge in [-0.25, -0.2) is 0 Å². The van der Waals surface area contributed by atoms with E-state index in [0.29, 0.717) is 6.29 Å². The van der Waals surface area contributed by atoms with Crippen molar-refractivity contribution in [1.82, 2.24) is 0 Å². The Kier molecular flexibility index (Phi) is 21.4. The van der Waals surface area contributed by atoms with Crippen molar-refractivity contribution < 1.29 is 28.5 Å². The molecule has 0 radical (unpaired) electrons. The van der Waals surface area contributed by atoms with Gasteiger partial charge in [-0.15, -0.1) is 0 Å². The van der Waals surface area contributed by atoms with Crippen LogP contribution in [0.3, 0.4) is 0 Å². The van der Waals surface area contributed by atoms with E-state index >= 15 is 0 Å². The Bertz CT molecular complexity index is 139. The van der Waals surface area contributed by atoms with Crippen LogP contribution in [0.1, 0.15) is 9.78 Å². The van der Waals surface area contributed by atoms with Gasteiger partial charge in [0.2, 0.25) is 0 Å². The van der Waals surface area contributed by atoms with Gasteiger partial charge in [-0.2, -0.15) is 0 Å². The van der Waals surface area contributed by atoms with Crippen molar-refractivity contribution in [2.24, 2.45) is 11.7 Å². The first-order valence-corrected chi connectivity index (χ1v) is 2.53. The SMILES string of the molecule is CC(C=O)C(N)C(=O)O.O.O.[Ca+2].[H-].[H-]. The van der Waals surface area contributed by atoms with Gasteiger partial charge in [0.1, 0.15) is 12.3 Å². The number of rotatable bonds is 3. The Labute approximate surface area is 103 Å². The molecule has 2 atom stereocenters. The number of carboxylic acids is 1. The number of carbonyl (C=O) groups is 2. The van der Waals surface area contributed by atoms with Crippen LogP contribution in [0.2, 0.25) is 0 Å². The fourth-order valence-corrected chi connectivity index (χ4v) is 0.310. The van der Waals surface area contributed by atoms with Crippen LogP contribution in [-0.4, -0.2) is 72.1 Å². The van der Waals surface area contributed by atoms with Crippen LogP contribution in [0.25, 0.3) is 0 Å². The topological polar surface area (TPSA) is 143 Å². The van der Waals surface area contributed by atoms with Gasteiger partial charge in [-0.05, 0) is 0 Å². The van der Waals surface area contributed by atoms with E-state index in [2.05, 4.69) is 0 Å². The molecule has 0 saturated heterocycles. The van der Waals surface area contributed by atoms with Gasteiger partial charge < -0.3 is 29.4 Å². The Morgan fingerprint density at radius 3 is 2.00 bits per heavy atom. The first-order valence-electron chi connectivity index (χ1n) is 2.53. The zero-order valence-corrected chi connectivity index (χ0v) is 8.99. The summed E-state index contributed by atoms with van der Waals surface area (Å²) in [4.78, 5) is 19.9. The molecule has 7 heteroatoms. The van der Waals surface area contributed by atoms with E-state index in [1.165, 1.54) is 6.92 Å². The van der Waals surface area contributed by atoms with Crippen molar-refractivity contribution in [3.63, 3.8) is 0 Å². The molecular weight excluding hydrogens is 194 g/mol. The number of carbonyl (C=O) groups excluding carboxylic acids is 1. The Hall–Kier alpha value is 0.280. The van der Waals surface area contributed by atoms with E-state index < -0.39 is 17.9 Å². The van der Waals surface area contributed by atoms with E-state index in [-0.39, 0.29) is 51.5 Å². The second kappa shape index (κ2) is 11.3. The molecule has 0 heterocycles. The molecule has 0 aromatic rings. The molecule has 72 valence electrons. The van der Waals surface area contributed by atoms with Crippen LogP contribution in [-0.2, 0) is 9.59 Å². The van der Waals surface area contributed by atoms with E-state index in [1.807, 2.05) is 0 Å². The fourth-order valence-electron chi connectivity index (χ4n) is 0.310. The van der Waals surface area contributed by atoms with Crippen molar-refractivity contribution in [1.29, 1.82) is 0 Å². The largest absolute Gasteiger partial charge is 2.00 e. The summed E-state index contributed by atoms with van der Waals surface area (Å²) in [6, 6.07) is -1.07. The summed E-state index contributed by atoms with van der Waals surface area (Å²) in [7, 11) is 0. The molecule has 7 N–H and O–H groups in total. The Morgan fingerprint density at radius 1 is 1.58 bits per heavy atom. The molecule has 6 nitrogen and oxygen atoms in total. The first-order chi connectivity index (χ1) is 4.09. The van der Waals surface area contributed by atoms with Gasteiger partial charge in [0.05, 0.1) is 0 Å². The maximum Gasteiger partial charge on any atom is 2.00 e. The smallest absolute Gasteiger partial charge is 1.00 e. The Balaban J connectivity index is -0.0000000320. The molecule has 0 saturated carbocycles. The van der Waals surface area contributed by atoms with Crippen molar-refractivity contribution in [2.45, 2.75) is 13.0 Å². The van der Waals surface area contributed by atoms with Crippen molar-refractivity contribution in [3.05, 3.63) is 0 Å². The summed E-state index contributed by atoms with van der Waals surface area (Å²) in [5.41, 5.74) is 5.04. The van der Waals surface area contributed by atoms with Gasteiger partial charge in [0.25, 0.3) is 0 Å². The molecule has 0 aromatic carbocycles. The minimum atomic E-state index is -1.14. The van der Waals surface area contributed by atoms with E-state index in [4.69, 9.17) is 10.8 Å². The first kappa shape index (κ1) is 22.8. The third-order valence-electron chi connectivity index (χ3n) is 1.07. The van der Waals surface area contributed by atoms with Gasteiger partial charge in [-0.1, -0.05) is 6.92 Å². The van der Waals surface area contributed by atoms with E-state index in [0.717, 1.165) is 0 Å². The second-order valence-electron chi connectivity index (χ2n) is 1.86. The minimum absolute atomic E-state index is 0. The summed E-state index contributed by atoms with van der Waals surface area (Å²) in [5.74, 6) is -1.75. The molecule has 0 aliphatic heterocycles. The molecule has 0 bridgehead atoms. The summed E-state index contributed by atoms with van der Waals surface area (Å²) in [5, 5.41) is 8.20. The maximum atomic E-state index is 10.0. The number of nitrogens with two attached hydrogens (primary N) is 1. The summed E-state index contributed by atoms with van der Waals surface area (Å²) in [6.07, 6.45) is 0.527. The van der Waals surface area contributed by atoms with Crippen molar-refractivity contribution in [3.8, 4) is 0 Å². The quantitative estimate of drug-likeness (QED) is 0.388. The van der Waals surface area contributed by atoms with Gasteiger partial charge in [0, 0.05) is 5.92 Å². The molecule has 0 amide bonds. The number of carboxylic acid groups (broad SMARTS) is 1. The molecule has 0 fully saturated rings. The van der Waals surface area contributed by atoms with E-state index in [9.17, 15) is 9.59 Å². The average Bonchev–Trinajstić information content (AvgIpc) is 1.84. The maximum absolute atomic E-state index is 10.0. The van der Waals surface area contributed by atoms with Crippen LogP contribution in [0.15, 0.2) is 0 Å². The zero-order valence-electron chi connectivity index (χ0n) is 8.78. The normalized spacial score (nSPS) is 12.2. The number of aliphatic carboxylic acids is 1. The number of hydrogen-bond donors (Lipinski definition) is 2. The summed E-state index contributed by atoms with van der Waals surface area (Å²) < 4.78 is 0. The van der Waals surface area contributed by atoms with Gasteiger partial charge >= 0.3 is 43.7 Å². The monoisotopic (exact) mass is 209 g/mol. The molecule has 0 spiro atoms. The molecule has 12 heavy (non-hydrogen) atoms. The van der Waals surface area contributed by atoms with Crippen LogP contribution >= 0.6 is 0 Å². The average molecular weight is 209 g/mol. The molecule has 2 unspecified atom stereocenters. The minimum Gasteiger partial charge on any atom is -1.00 e. The van der Waals surface area contributed by atoms with Gasteiger partial charge in [-0.3, -0.25) is 4.79 Å². The molecule has 0 aliphatic rings. The predicted octanol–water partition coefficient (Wildman–Crippen LogP) is -2.57. The summed E-state index contributed by atoms with van der Waals surface area (Å²) >= 11 is 0. The predicted molar refractivity (Wildman–Crippen MR) is 46.0 cm³/mol.